The zero-order valence-electron chi connectivity index (χ0n) is 11.3. The molecule has 0 saturated carbocycles. The van der Waals surface area contributed by atoms with Gasteiger partial charge in [-0.05, 0) is 30.5 Å². The van der Waals surface area contributed by atoms with Crippen molar-refractivity contribution in [3.05, 3.63) is 41.3 Å². The van der Waals surface area contributed by atoms with Crippen LogP contribution in [-0.2, 0) is 0 Å². The summed E-state index contributed by atoms with van der Waals surface area (Å²) in [4.78, 5) is 19.5. The van der Waals surface area contributed by atoms with E-state index in [-0.39, 0.29) is 11.8 Å². The molecule has 8 heteroatoms. The number of aromatic nitrogens is 1. The van der Waals surface area contributed by atoms with Crippen molar-refractivity contribution in [1.29, 1.82) is 0 Å². The molecular weight excluding hydrogens is 342 g/mol. The van der Waals surface area contributed by atoms with E-state index in [1.54, 1.807) is 29.2 Å². The van der Waals surface area contributed by atoms with Gasteiger partial charge in [0.05, 0.1) is 4.21 Å². The second-order valence-corrected chi connectivity index (χ2v) is 7.48. The monoisotopic (exact) mass is 353 g/mol. The Morgan fingerprint density at radius 2 is 1.68 bits per heavy atom. The van der Waals surface area contributed by atoms with Gasteiger partial charge in [-0.25, -0.2) is 4.79 Å². The highest BCUT2D eigenvalue weighted by atomic mass is 32.2. The standard InChI is InChI=1S/C14H11NO4S3/c1-20-13-7-4-9(22-13)8-2-3-10(21-8)14(18)19-15-11(16)5-6-12(15)17/h2-7,16-17H,1H3. The number of aromatic hydroxyl groups is 2. The number of hydrogen-bond acceptors (Lipinski definition) is 7. The third-order valence-electron chi connectivity index (χ3n) is 2.80. The lowest BCUT2D eigenvalue weighted by molar-refractivity contribution is 0.0387. The Balaban J connectivity index is 1.80. The Kier molecular flexibility index (Phi) is 4.14. The molecule has 3 aromatic heterocycles. The largest absolute Gasteiger partial charge is 0.492 e. The van der Waals surface area contributed by atoms with Crippen molar-refractivity contribution in [3.63, 3.8) is 0 Å². The lowest BCUT2D eigenvalue weighted by atomic mass is 10.4. The van der Waals surface area contributed by atoms with E-state index < -0.39 is 5.97 Å². The first-order valence-corrected chi connectivity index (χ1v) is 9.00. The fourth-order valence-corrected chi connectivity index (χ4v) is 4.28. The van der Waals surface area contributed by atoms with Gasteiger partial charge >= 0.3 is 5.97 Å². The zero-order chi connectivity index (χ0) is 15.7. The molecule has 22 heavy (non-hydrogen) atoms. The molecule has 0 aromatic carbocycles. The van der Waals surface area contributed by atoms with Gasteiger partial charge in [0.15, 0.2) is 0 Å². The van der Waals surface area contributed by atoms with Gasteiger partial charge in [0.1, 0.15) is 4.88 Å². The lowest BCUT2D eigenvalue weighted by Gasteiger charge is -2.05. The first kappa shape index (κ1) is 15.0. The maximum atomic E-state index is 12.1. The van der Waals surface area contributed by atoms with Gasteiger partial charge in [-0.15, -0.1) is 39.2 Å². The van der Waals surface area contributed by atoms with Gasteiger partial charge in [-0.2, -0.15) is 0 Å². The highest BCUT2D eigenvalue weighted by Crippen LogP contribution is 2.36. The molecule has 5 nitrogen and oxygen atoms in total. The van der Waals surface area contributed by atoms with Crippen LogP contribution in [0.5, 0.6) is 11.8 Å². The van der Waals surface area contributed by atoms with Crippen molar-refractivity contribution < 1.29 is 19.8 Å². The number of thioether (sulfide) groups is 1. The van der Waals surface area contributed by atoms with Crippen LogP contribution in [0.2, 0.25) is 0 Å². The second kappa shape index (κ2) is 6.07. The van der Waals surface area contributed by atoms with E-state index in [4.69, 9.17) is 4.84 Å². The number of rotatable bonds is 4. The van der Waals surface area contributed by atoms with Crippen LogP contribution in [-0.4, -0.2) is 27.2 Å². The van der Waals surface area contributed by atoms with Crippen molar-refractivity contribution >= 4 is 40.4 Å². The molecule has 114 valence electrons. The molecular formula is C14H11NO4S3. The maximum Gasteiger partial charge on any atom is 0.373 e. The molecule has 0 saturated heterocycles. The fraction of sp³-hybridized carbons (Fsp3) is 0.0714. The molecule has 2 N–H and O–H groups in total. The average molecular weight is 353 g/mol. The first-order valence-electron chi connectivity index (χ1n) is 6.15. The number of hydrogen-bond donors (Lipinski definition) is 2. The van der Waals surface area contributed by atoms with Crippen LogP contribution in [0.3, 0.4) is 0 Å². The van der Waals surface area contributed by atoms with Crippen molar-refractivity contribution in [2.24, 2.45) is 0 Å². The predicted molar refractivity (Wildman–Crippen MR) is 88.1 cm³/mol. The highest BCUT2D eigenvalue weighted by Gasteiger charge is 2.17. The fourth-order valence-electron chi connectivity index (χ4n) is 1.77. The van der Waals surface area contributed by atoms with E-state index in [1.165, 1.54) is 27.7 Å². The highest BCUT2D eigenvalue weighted by molar-refractivity contribution is 8.00. The van der Waals surface area contributed by atoms with Gasteiger partial charge in [-0.3, -0.25) is 0 Å². The van der Waals surface area contributed by atoms with Crippen molar-refractivity contribution in [2.75, 3.05) is 6.26 Å². The van der Waals surface area contributed by atoms with Crippen molar-refractivity contribution in [1.82, 2.24) is 4.73 Å². The number of thiophene rings is 2. The molecule has 0 aliphatic heterocycles. The van der Waals surface area contributed by atoms with Crippen LogP contribution < -0.4 is 4.84 Å². The minimum atomic E-state index is -0.639. The third-order valence-corrected chi connectivity index (χ3v) is 6.23. The summed E-state index contributed by atoms with van der Waals surface area (Å²) >= 11 is 4.63. The summed E-state index contributed by atoms with van der Waals surface area (Å²) in [5.41, 5.74) is 0. The van der Waals surface area contributed by atoms with Crippen molar-refractivity contribution in [3.8, 4) is 21.5 Å². The van der Waals surface area contributed by atoms with E-state index in [9.17, 15) is 15.0 Å². The molecule has 0 radical (unpaired) electrons. The topological polar surface area (TPSA) is 71.7 Å². The Bertz CT molecular complexity index is 798. The van der Waals surface area contributed by atoms with Gasteiger partial charge < -0.3 is 15.1 Å². The van der Waals surface area contributed by atoms with Crippen LogP contribution in [0, 0.1) is 0 Å². The van der Waals surface area contributed by atoms with Crippen LogP contribution in [0.25, 0.3) is 9.75 Å². The molecule has 3 aromatic rings. The lowest BCUT2D eigenvalue weighted by Crippen LogP contribution is -2.17. The quantitative estimate of drug-likeness (QED) is 0.700. The molecule has 0 atom stereocenters. The molecule has 3 heterocycles. The minimum absolute atomic E-state index is 0.342. The summed E-state index contributed by atoms with van der Waals surface area (Å²) in [5, 5.41) is 18.9. The summed E-state index contributed by atoms with van der Waals surface area (Å²) in [7, 11) is 0. The molecule has 0 bridgehead atoms. The zero-order valence-corrected chi connectivity index (χ0v) is 13.8. The Hall–Kier alpha value is -1.90. The summed E-state index contributed by atoms with van der Waals surface area (Å²) < 4.78 is 1.88. The molecule has 0 unspecified atom stereocenters. The Labute approximate surface area is 138 Å². The smallest absolute Gasteiger partial charge is 0.373 e. The number of carbonyl (C=O) groups is 1. The Morgan fingerprint density at radius 3 is 2.32 bits per heavy atom. The van der Waals surface area contributed by atoms with E-state index in [0.29, 0.717) is 9.61 Å². The van der Waals surface area contributed by atoms with Crippen LogP contribution in [0.4, 0.5) is 0 Å². The van der Waals surface area contributed by atoms with Gasteiger partial charge in [0.25, 0.3) is 0 Å². The molecule has 3 rings (SSSR count). The minimum Gasteiger partial charge on any atom is -0.492 e. The van der Waals surface area contributed by atoms with Crippen molar-refractivity contribution in [2.45, 2.75) is 4.21 Å². The second-order valence-electron chi connectivity index (χ2n) is 4.21. The summed E-state index contributed by atoms with van der Waals surface area (Å²) in [6, 6.07) is 10.0. The van der Waals surface area contributed by atoms with E-state index in [1.807, 2.05) is 24.5 Å². The maximum absolute atomic E-state index is 12.1. The SMILES string of the molecule is CSc1ccc(-c2ccc(C(=O)On3c(O)ccc3O)s2)s1. The summed E-state index contributed by atoms with van der Waals surface area (Å²) in [6.45, 7) is 0. The molecule has 0 aliphatic rings. The summed E-state index contributed by atoms with van der Waals surface area (Å²) in [5.74, 6) is -1.32. The van der Waals surface area contributed by atoms with Crippen LogP contribution >= 0.6 is 34.4 Å². The molecule has 0 spiro atoms. The normalized spacial score (nSPS) is 10.8. The molecule has 0 aliphatic carbocycles. The van der Waals surface area contributed by atoms with Crippen LogP contribution in [0.15, 0.2) is 40.6 Å². The predicted octanol–water partition coefficient (Wildman–Crippen LogP) is 3.68. The van der Waals surface area contributed by atoms with E-state index in [2.05, 4.69) is 0 Å². The molecule has 0 amide bonds. The summed E-state index contributed by atoms with van der Waals surface area (Å²) in [6.07, 6.45) is 2.02. The third kappa shape index (κ3) is 2.85. The van der Waals surface area contributed by atoms with Gasteiger partial charge in [0.2, 0.25) is 11.8 Å². The molecule has 0 fully saturated rings. The van der Waals surface area contributed by atoms with Gasteiger partial charge in [-0.1, -0.05) is 0 Å². The Morgan fingerprint density at radius 1 is 1.05 bits per heavy atom. The van der Waals surface area contributed by atoms with E-state index in [0.717, 1.165) is 9.75 Å². The van der Waals surface area contributed by atoms with Gasteiger partial charge in [0, 0.05) is 21.9 Å². The number of carbonyl (C=O) groups excluding carboxylic acids is 1. The first-order chi connectivity index (χ1) is 10.6. The van der Waals surface area contributed by atoms with E-state index >= 15 is 0 Å². The average Bonchev–Trinajstić information content (AvgIpc) is 3.22. The number of nitrogens with zero attached hydrogens (tertiary/aromatic N) is 1. The van der Waals surface area contributed by atoms with Crippen LogP contribution in [0.1, 0.15) is 9.67 Å².